The summed E-state index contributed by atoms with van der Waals surface area (Å²) in [6, 6.07) is 9.36. The number of rotatable bonds is 4. The number of pyridine rings is 1. The fourth-order valence-corrected chi connectivity index (χ4v) is 3.39. The van der Waals surface area contributed by atoms with Gasteiger partial charge in [-0.3, -0.25) is 4.98 Å². The summed E-state index contributed by atoms with van der Waals surface area (Å²) in [6.45, 7) is 1.49. The molecule has 3 heterocycles. The van der Waals surface area contributed by atoms with Gasteiger partial charge < -0.3 is 15.2 Å². The summed E-state index contributed by atoms with van der Waals surface area (Å²) >= 11 is 0. The van der Waals surface area contributed by atoms with Crippen molar-refractivity contribution in [3.63, 3.8) is 0 Å². The standard InChI is InChI=1S/C19H22N6O/c26-19(22-15-8-4-6-14-7-5-11-20-18(14)15)21-12-10-17-24-23-16-9-2-1-3-13-25(16)17/h4-8,11H,1-3,9-10,12-13H2,(H2,21,22,26). The lowest BCUT2D eigenvalue weighted by atomic mass is 10.2. The summed E-state index contributed by atoms with van der Waals surface area (Å²) in [5.74, 6) is 2.03. The van der Waals surface area contributed by atoms with Gasteiger partial charge in [0.2, 0.25) is 0 Å². The molecule has 7 heteroatoms. The van der Waals surface area contributed by atoms with Crippen LogP contribution in [0.25, 0.3) is 10.9 Å². The van der Waals surface area contributed by atoms with Gasteiger partial charge in [0.15, 0.2) is 0 Å². The Morgan fingerprint density at radius 3 is 3.00 bits per heavy atom. The number of amides is 2. The topological polar surface area (TPSA) is 84.7 Å². The molecule has 2 N–H and O–H groups in total. The summed E-state index contributed by atoms with van der Waals surface area (Å²) in [5, 5.41) is 15.4. The highest BCUT2D eigenvalue weighted by atomic mass is 16.2. The maximum Gasteiger partial charge on any atom is 0.319 e. The van der Waals surface area contributed by atoms with Gasteiger partial charge in [0.25, 0.3) is 0 Å². The third kappa shape index (κ3) is 3.51. The number of aryl methyl sites for hydroxylation is 1. The van der Waals surface area contributed by atoms with Crippen LogP contribution in [0.5, 0.6) is 0 Å². The molecule has 4 rings (SSSR count). The number of benzene rings is 1. The maximum atomic E-state index is 12.2. The van der Waals surface area contributed by atoms with E-state index in [2.05, 4.69) is 30.4 Å². The SMILES string of the molecule is O=C(NCCc1nnc2n1CCCCC2)Nc1cccc2cccnc12. The summed E-state index contributed by atoms with van der Waals surface area (Å²) in [6.07, 6.45) is 6.98. The highest BCUT2D eigenvalue weighted by Crippen LogP contribution is 2.20. The Hall–Kier alpha value is -2.96. The van der Waals surface area contributed by atoms with Gasteiger partial charge in [-0.1, -0.05) is 24.6 Å². The van der Waals surface area contributed by atoms with Crippen LogP contribution < -0.4 is 10.6 Å². The lowest BCUT2D eigenvalue weighted by Gasteiger charge is -2.10. The van der Waals surface area contributed by atoms with Gasteiger partial charge in [-0.15, -0.1) is 10.2 Å². The zero-order valence-corrected chi connectivity index (χ0v) is 14.6. The van der Waals surface area contributed by atoms with Crippen molar-refractivity contribution in [2.75, 3.05) is 11.9 Å². The van der Waals surface area contributed by atoms with Gasteiger partial charge in [-0.2, -0.15) is 0 Å². The van der Waals surface area contributed by atoms with E-state index in [-0.39, 0.29) is 6.03 Å². The Kier molecular flexibility index (Phi) is 4.77. The van der Waals surface area contributed by atoms with Gasteiger partial charge in [0.1, 0.15) is 11.6 Å². The molecule has 1 aliphatic rings. The fourth-order valence-electron chi connectivity index (χ4n) is 3.39. The minimum atomic E-state index is -0.237. The van der Waals surface area contributed by atoms with Gasteiger partial charge in [0, 0.05) is 37.5 Å². The van der Waals surface area contributed by atoms with Crippen molar-refractivity contribution < 1.29 is 4.79 Å². The first kappa shape index (κ1) is 16.5. The minimum absolute atomic E-state index is 0.237. The Morgan fingerprint density at radius 1 is 1.12 bits per heavy atom. The predicted molar refractivity (Wildman–Crippen MR) is 100 cm³/mol. The number of carbonyl (C=O) groups excluding carboxylic acids is 1. The number of carbonyl (C=O) groups is 1. The number of urea groups is 1. The molecule has 2 aromatic heterocycles. The molecule has 0 atom stereocenters. The normalized spacial score (nSPS) is 13.8. The molecule has 0 saturated heterocycles. The molecule has 26 heavy (non-hydrogen) atoms. The molecule has 7 nitrogen and oxygen atoms in total. The van der Waals surface area contributed by atoms with E-state index in [1.165, 1.54) is 19.3 Å². The van der Waals surface area contributed by atoms with Crippen molar-refractivity contribution in [3.8, 4) is 0 Å². The molecule has 2 amide bonds. The summed E-state index contributed by atoms with van der Waals surface area (Å²) in [4.78, 5) is 16.6. The predicted octanol–water partition coefficient (Wildman–Crippen LogP) is 2.92. The van der Waals surface area contributed by atoms with E-state index < -0.39 is 0 Å². The molecule has 3 aromatic rings. The Balaban J connectivity index is 1.35. The number of fused-ring (bicyclic) bond motifs is 2. The van der Waals surface area contributed by atoms with E-state index in [1.54, 1.807) is 6.20 Å². The first-order valence-corrected chi connectivity index (χ1v) is 9.11. The molecular weight excluding hydrogens is 328 g/mol. The van der Waals surface area contributed by atoms with E-state index >= 15 is 0 Å². The van der Waals surface area contributed by atoms with Gasteiger partial charge in [0.05, 0.1) is 11.2 Å². The van der Waals surface area contributed by atoms with E-state index in [9.17, 15) is 4.79 Å². The Morgan fingerprint density at radius 2 is 2.04 bits per heavy atom. The van der Waals surface area contributed by atoms with Gasteiger partial charge in [-0.25, -0.2) is 4.79 Å². The van der Waals surface area contributed by atoms with Crippen molar-refractivity contribution in [3.05, 3.63) is 48.2 Å². The van der Waals surface area contributed by atoms with Gasteiger partial charge >= 0.3 is 6.03 Å². The Bertz CT molecular complexity index is 914. The van der Waals surface area contributed by atoms with Crippen LogP contribution in [0, 0.1) is 0 Å². The van der Waals surface area contributed by atoms with Crippen LogP contribution >= 0.6 is 0 Å². The molecule has 0 spiro atoms. The van der Waals surface area contributed by atoms with Gasteiger partial charge in [-0.05, 0) is 25.0 Å². The fraction of sp³-hybridized carbons (Fsp3) is 0.368. The largest absolute Gasteiger partial charge is 0.337 e. The van der Waals surface area contributed by atoms with E-state index in [1.807, 2.05) is 30.3 Å². The highest BCUT2D eigenvalue weighted by Gasteiger charge is 2.14. The zero-order chi connectivity index (χ0) is 17.8. The number of hydrogen-bond acceptors (Lipinski definition) is 4. The van der Waals surface area contributed by atoms with Crippen LogP contribution in [0.4, 0.5) is 10.5 Å². The second kappa shape index (κ2) is 7.51. The highest BCUT2D eigenvalue weighted by molar-refractivity contribution is 5.99. The monoisotopic (exact) mass is 350 g/mol. The third-order valence-corrected chi connectivity index (χ3v) is 4.70. The second-order valence-electron chi connectivity index (χ2n) is 6.51. The van der Waals surface area contributed by atoms with Crippen LogP contribution in [0.1, 0.15) is 30.9 Å². The quantitative estimate of drug-likeness (QED) is 0.758. The van der Waals surface area contributed by atoms with Crippen molar-refractivity contribution in [2.24, 2.45) is 0 Å². The zero-order valence-electron chi connectivity index (χ0n) is 14.6. The number of para-hydroxylation sites is 1. The summed E-state index contributed by atoms with van der Waals surface area (Å²) in [5.41, 5.74) is 1.49. The molecule has 0 aliphatic carbocycles. The van der Waals surface area contributed by atoms with E-state index in [4.69, 9.17) is 0 Å². The molecule has 0 bridgehead atoms. The van der Waals surface area contributed by atoms with Crippen molar-refractivity contribution in [2.45, 2.75) is 38.6 Å². The van der Waals surface area contributed by atoms with E-state index in [0.717, 1.165) is 35.5 Å². The first-order chi connectivity index (χ1) is 12.8. The molecule has 0 fully saturated rings. The molecule has 0 saturated carbocycles. The molecule has 1 aliphatic heterocycles. The van der Waals surface area contributed by atoms with E-state index in [0.29, 0.717) is 18.7 Å². The van der Waals surface area contributed by atoms with Crippen molar-refractivity contribution >= 4 is 22.6 Å². The number of hydrogen-bond donors (Lipinski definition) is 2. The maximum absolute atomic E-state index is 12.2. The molecule has 134 valence electrons. The second-order valence-corrected chi connectivity index (χ2v) is 6.51. The summed E-state index contributed by atoms with van der Waals surface area (Å²) < 4.78 is 2.21. The number of anilines is 1. The smallest absolute Gasteiger partial charge is 0.319 e. The third-order valence-electron chi connectivity index (χ3n) is 4.70. The minimum Gasteiger partial charge on any atom is -0.337 e. The number of nitrogens with one attached hydrogen (secondary N) is 2. The Labute approximate surface area is 151 Å². The molecule has 0 radical (unpaired) electrons. The first-order valence-electron chi connectivity index (χ1n) is 9.11. The lowest BCUT2D eigenvalue weighted by molar-refractivity contribution is 0.252. The summed E-state index contributed by atoms with van der Waals surface area (Å²) in [7, 11) is 0. The molecule has 0 unspecified atom stereocenters. The number of aromatic nitrogens is 4. The van der Waals surface area contributed by atoms with Crippen molar-refractivity contribution in [1.82, 2.24) is 25.1 Å². The van der Waals surface area contributed by atoms with Crippen LogP contribution in [-0.4, -0.2) is 32.3 Å². The van der Waals surface area contributed by atoms with Crippen molar-refractivity contribution in [1.29, 1.82) is 0 Å². The number of nitrogens with zero attached hydrogens (tertiary/aromatic N) is 4. The van der Waals surface area contributed by atoms with Crippen LogP contribution in [-0.2, 0) is 19.4 Å². The molecule has 1 aromatic carbocycles. The van der Waals surface area contributed by atoms with Crippen LogP contribution in [0.3, 0.4) is 0 Å². The lowest BCUT2D eigenvalue weighted by Crippen LogP contribution is -2.31. The average molecular weight is 350 g/mol. The van der Waals surface area contributed by atoms with Crippen LogP contribution in [0.2, 0.25) is 0 Å². The molecular formula is C19H22N6O. The average Bonchev–Trinajstić information content (AvgIpc) is 2.88. The van der Waals surface area contributed by atoms with Crippen LogP contribution in [0.15, 0.2) is 36.5 Å².